The summed E-state index contributed by atoms with van der Waals surface area (Å²) in [6.07, 6.45) is 0.993. The summed E-state index contributed by atoms with van der Waals surface area (Å²) in [4.78, 5) is 16.4. The Morgan fingerprint density at radius 3 is 2.90 bits per heavy atom. The van der Waals surface area contributed by atoms with Gasteiger partial charge in [0.1, 0.15) is 10.7 Å². The van der Waals surface area contributed by atoms with Crippen molar-refractivity contribution in [1.82, 2.24) is 15.6 Å². The number of aromatic nitrogens is 1. The van der Waals surface area contributed by atoms with Crippen molar-refractivity contribution in [3.63, 3.8) is 0 Å². The smallest absolute Gasteiger partial charge is 0.271 e. The lowest BCUT2D eigenvalue weighted by molar-refractivity contribution is 0.0936. The molecule has 2 aromatic heterocycles. The van der Waals surface area contributed by atoms with Crippen molar-refractivity contribution in [2.75, 3.05) is 13.1 Å². The molecule has 0 saturated carbocycles. The maximum absolute atomic E-state index is 12.0. The van der Waals surface area contributed by atoms with Gasteiger partial charge in [0, 0.05) is 28.9 Å². The zero-order valence-electron chi connectivity index (χ0n) is 10.5. The fourth-order valence-corrected chi connectivity index (χ4v) is 3.45. The zero-order chi connectivity index (χ0) is 12.4. The Kier molecular flexibility index (Phi) is 6.91. The second-order valence-electron chi connectivity index (χ2n) is 4.21. The quantitative estimate of drug-likeness (QED) is 0.893. The third-order valence-electron chi connectivity index (χ3n) is 2.90. The topological polar surface area (TPSA) is 54.0 Å². The molecule has 8 heteroatoms. The van der Waals surface area contributed by atoms with E-state index in [0.717, 1.165) is 30.1 Å². The van der Waals surface area contributed by atoms with Crippen molar-refractivity contribution in [1.29, 1.82) is 0 Å². The van der Waals surface area contributed by atoms with Gasteiger partial charge in [-0.15, -0.1) is 36.2 Å². The molecule has 1 amide bonds. The number of hydrogen-bond acceptors (Lipinski definition) is 5. The summed E-state index contributed by atoms with van der Waals surface area (Å²) in [7, 11) is 0. The third-order valence-corrected chi connectivity index (χ3v) is 4.48. The lowest BCUT2D eigenvalue weighted by atomic mass is 10.2. The van der Waals surface area contributed by atoms with Gasteiger partial charge in [-0.2, -0.15) is 11.3 Å². The van der Waals surface area contributed by atoms with Crippen molar-refractivity contribution >= 4 is 53.4 Å². The van der Waals surface area contributed by atoms with Gasteiger partial charge in [-0.1, -0.05) is 0 Å². The molecule has 1 fully saturated rings. The second kappa shape index (κ2) is 7.95. The Balaban J connectivity index is 0.000001000. The molecule has 1 unspecified atom stereocenters. The number of thiophene rings is 1. The Hall–Kier alpha value is -0.660. The van der Waals surface area contributed by atoms with Crippen LogP contribution in [0.15, 0.2) is 22.2 Å². The molecule has 0 spiro atoms. The monoisotopic (exact) mass is 351 g/mol. The number of nitrogens with one attached hydrogen (secondary N) is 2. The van der Waals surface area contributed by atoms with Gasteiger partial charge < -0.3 is 10.6 Å². The standard InChI is InChI=1S/C12H13N3OS2.2ClH/c16-11(14-9-1-3-13-5-9)10-7-18-12(15-10)8-2-4-17-6-8;;/h2,4,6-7,9,13H,1,3,5H2,(H,14,16);2*1H. The van der Waals surface area contributed by atoms with Crippen LogP contribution >= 0.6 is 47.5 Å². The molecular formula is C12H15Cl2N3OS2. The van der Waals surface area contributed by atoms with Crippen LogP contribution in [0.1, 0.15) is 16.9 Å². The van der Waals surface area contributed by atoms with E-state index in [2.05, 4.69) is 15.6 Å². The van der Waals surface area contributed by atoms with Gasteiger partial charge in [0.25, 0.3) is 5.91 Å². The summed E-state index contributed by atoms with van der Waals surface area (Å²) < 4.78 is 0. The summed E-state index contributed by atoms with van der Waals surface area (Å²) in [5, 5.41) is 13.0. The normalized spacial score (nSPS) is 17.1. The van der Waals surface area contributed by atoms with Crippen molar-refractivity contribution < 1.29 is 4.79 Å². The van der Waals surface area contributed by atoms with Crippen molar-refractivity contribution in [2.24, 2.45) is 0 Å². The predicted octanol–water partition coefficient (Wildman–Crippen LogP) is 2.81. The van der Waals surface area contributed by atoms with Gasteiger partial charge in [0.05, 0.1) is 0 Å². The molecule has 110 valence electrons. The summed E-state index contributed by atoms with van der Waals surface area (Å²) in [5.74, 6) is -0.0681. The minimum absolute atomic E-state index is 0. The van der Waals surface area contributed by atoms with E-state index in [-0.39, 0.29) is 36.8 Å². The van der Waals surface area contributed by atoms with Crippen LogP contribution in [0.25, 0.3) is 10.6 Å². The van der Waals surface area contributed by atoms with E-state index in [1.54, 1.807) is 11.3 Å². The minimum Gasteiger partial charge on any atom is -0.347 e. The molecule has 0 radical (unpaired) electrons. The van der Waals surface area contributed by atoms with Crippen molar-refractivity contribution in [3.05, 3.63) is 27.9 Å². The van der Waals surface area contributed by atoms with Gasteiger partial charge in [-0.3, -0.25) is 4.79 Å². The molecule has 3 rings (SSSR count). The van der Waals surface area contributed by atoms with Crippen molar-refractivity contribution in [2.45, 2.75) is 12.5 Å². The number of thiazole rings is 1. The molecule has 0 bridgehead atoms. The van der Waals surface area contributed by atoms with Crippen LogP contribution in [0.5, 0.6) is 0 Å². The predicted molar refractivity (Wildman–Crippen MR) is 88.7 cm³/mol. The van der Waals surface area contributed by atoms with Crippen LogP contribution in [-0.2, 0) is 0 Å². The second-order valence-corrected chi connectivity index (χ2v) is 5.85. The molecule has 1 saturated heterocycles. The Labute approximate surface area is 137 Å². The number of carbonyl (C=O) groups is 1. The molecule has 1 atom stereocenters. The van der Waals surface area contributed by atoms with Gasteiger partial charge in [-0.25, -0.2) is 4.98 Å². The molecule has 2 N–H and O–H groups in total. The van der Waals surface area contributed by atoms with E-state index in [1.165, 1.54) is 11.3 Å². The van der Waals surface area contributed by atoms with E-state index >= 15 is 0 Å². The Morgan fingerprint density at radius 1 is 1.40 bits per heavy atom. The van der Waals surface area contributed by atoms with Crippen LogP contribution in [-0.4, -0.2) is 30.0 Å². The highest BCUT2D eigenvalue weighted by molar-refractivity contribution is 7.14. The summed E-state index contributed by atoms with van der Waals surface area (Å²) in [6.45, 7) is 1.83. The maximum Gasteiger partial charge on any atom is 0.271 e. The third kappa shape index (κ3) is 3.93. The lowest BCUT2D eigenvalue weighted by Crippen LogP contribution is -2.36. The first-order chi connectivity index (χ1) is 8.83. The first-order valence-corrected chi connectivity index (χ1v) is 7.65. The SMILES string of the molecule is Cl.Cl.O=C(NC1CCNC1)c1csc(-c2ccsc2)n1. The molecule has 1 aliphatic rings. The zero-order valence-corrected chi connectivity index (χ0v) is 13.8. The average Bonchev–Trinajstić information content (AvgIpc) is 3.11. The number of nitrogens with zero attached hydrogens (tertiary/aromatic N) is 1. The van der Waals surface area contributed by atoms with Gasteiger partial charge in [0.2, 0.25) is 0 Å². The van der Waals surface area contributed by atoms with Gasteiger partial charge in [0.15, 0.2) is 0 Å². The molecule has 1 aliphatic heterocycles. The molecule has 20 heavy (non-hydrogen) atoms. The fourth-order valence-electron chi connectivity index (χ4n) is 1.93. The van der Waals surface area contributed by atoms with E-state index in [4.69, 9.17) is 0 Å². The highest BCUT2D eigenvalue weighted by Gasteiger charge is 2.19. The summed E-state index contributed by atoms with van der Waals surface area (Å²) >= 11 is 3.15. The Morgan fingerprint density at radius 2 is 2.25 bits per heavy atom. The van der Waals surface area contributed by atoms with Crippen molar-refractivity contribution in [3.8, 4) is 10.6 Å². The average molecular weight is 352 g/mol. The molecular weight excluding hydrogens is 337 g/mol. The first kappa shape index (κ1) is 17.4. The highest BCUT2D eigenvalue weighted by atomic mass is 35.5. The van der Waals surface area contributed by atoms with E-state index in [0.29, 0.717) is 5.69 Å². The van der Waals surface area contributed by atoms with E-state index < -0.39 is 0 Å². The number of hydrogen-bond donors (Lipinski definition) is 2. The van der Waals surface area contributed by atoms with Gasteiger partial charge >= 0.3 is 0 Å². The first-order valence-electron chi connectivity index (χ1n) is 5.82. The number of amides is 1. The molecule has 2 aromatic rings. The molecule has 4 nitrogen and oxygen atoms in total. The van der Waals surface area contributed by atoms with Crippen LogP contribution in [0.4, 0.5) is 0 Å². The maximum atomic E-state index is 12.0. The van der Waals surface area contributed by atoms with E-state index in [9.17, 15) is 4.79 Å². The van der Waals surface area contributed by atoms with Crippen LogP contribution in [0.3, 0.4) is 0 Å². The fraction of sp³-hybridized carbons (Fsp3) is 0.333. The molecule has 0 aromatic carbocycles. The summed E-state index contributed by atoms with van der Waals surface area (Å²) in [6, 6.07) is 2.26. The molecule has 0 aliphatic carbocycles. The highest BCUT2D eigenvalue weighted by Crippen LogP contribution is 2.25. The Bertz CT molecular complexity index is 539. The largest absolute Gasteiger partial charge is 0.347 e. The number of rotatable bonds is 3. The van der Waals surface area contributed by atoms with E-state index in [1.807, 2.05) is 22.2 Å². The van der Waals surface area contributed by atoms with Crippen LogP contribution in [0, 0.1) is 0 Å². The summed E-state index contributed by atoms with van der Waals surface area (Å²) in [5.41, 5.74) is 1.61. The van der Waals surface area contributed by atoms with Crippen LogP contribution < -0.4 is 10.6 Å². The molecule has 3 heterocycles. The number of halogens is 2. The number of carbonyl (C=O) groups excluding carboxylic acids is 1. The lowest BCUT2D eigenvalue weighted by Gasteiger charge is -2.09. The van der Waals surface area contributed by atoms with Crippen LogP contribution in [0.2, 0.25) is 0 Å². The minimum atomic E-state index is -0.0681. The van der Waals surface area contributed by atoms with Gasteiger partial charge in [-0.05, 0) is 24.4 Å².